The summed E-state index contributed by atoms with van der Waals surface area (Å²) >= 11 is 5.92. The largest absolute Gasteiger partial charge is 0.465 e. The molecule has 0 aliphatic carbocycles. The Labute approximate surface area is 132 Å². The molecule has 0 bridgehead atoms. The van der Waals surface area contributed by atoms with Crippen LogP contribution in [0.15, 0.2) is 24.3 Å². The van der Waals surface area contributed by atoms with E-state index in [2.05, 4.69) is 10.2 Å². The molecule has 1 atom stereocenters. The van der Waals surface area contributed by atoms with E-state index in [4.69, 9.17) is 21.4 Å². The standard InChI is InChI=1S/C14H15ClN4O3/c1-9-16-17-13(12-8-18(14(20)21)6-7-22-12)19(9)11-4-2-10(15)3-5-11/h2-5,12H,6-8H2,1H3,(H,20,21). The number of aromatic nitrogens is 3. The maximum Gasteiger partial charge on any atom is 0.407 e. The van der Waals surface area contributed by atoms with E-state index in [9.17, 15) is 4.79 Å². The van der Waals surface area contributed by atoms with Gasteiger partial charge in [0.1, 0.15) is 11.9 Å². The summed E-state index contributed by atoms with van der Waals surface area (Å²) < 4.78 is 7.54. The number of hydrogen-bond donors (Lipinski definition) is 1. The lowest BCUT2D eigenvalue weighted by Gasteiger charge is -2.30. The van der Waals surface area contributed by atoms with Gasteiger partial charge in [-0.3, -0.25) is 4.57 Å². The van der Waals surface area contributed by atoms with Gasteiger partial charge in [0, 0.05) is 17.3 Å². The van der Waals surface area contributed by atoms with Crippen LogP contribution in [0.3, 0.4) is 0 Å². The molecule has 1 aromatic heterocycles. The third kappa shape index (κ3) is 2.77. The maximum absolute atomic E-state index is 11.1. The highest BCUT2D eigenvalue weighted by atomic mass is 35.5. The van der Waals surface area contributed by atoms with E-state index < -0.39 is 12.2 Å². The fourth-order valence-electron chi connectivity index (χ4n) is 2.48. The Morgan fingerprint density at radius 3 is 2.77 bits per heavy atom. The first-order valence-electron chi connectivity index (χ1n) is 6.83. The Morgan fingerprint density at radius 2 is 2.09 bits per heavy atom. The lowest BCUT2D eigenvalue weighted by Crippen LogP contribution is -2.42. The molecular weight excluding hydrogens is 308 g/mol. The van der Waals surface area contributed by atoms with Crippen molar-refractivity contribution in [3.05, 3.63) is 40.9 Å². The molecule has 0 saturated carbocycles. The van der Waals surface area contributed by atoms with Crippen molar-refractivity contribution in [3.63, 3.8) is 0 Å². The summed E-state index contributed by atoms with van der Waals surface area (Å²) in [4.78, 5) is 12.5. The fraction of sp³-hybridized carbons (Fsp3) is 0.357. The normalized spacial score (nSPS) is 18.5. The van der Waals surface area contributed by atoms with Crippen LogP contribution in [0.4, 0.5) is 4.79 Å². The van der Waals surface area contributed by atoms with Gasteiger partial charge in [0.25, 0.3) is 0 Å². The van der Waals surface area contributed by atoms with E-state index in [0.717, 1.165) is 5.69 Å². The van der Waals surface area contributed by atoms with Gasteiger partial charge in [-0.2, -0.15) is 0 Å². The monoisotopic (exact) mass is 322 g/mol. The minimum absolute atomic E-state index is 0.237. The molecule has 8 heteroatoms. The molecule has 1 aliphatic rings. The Morgan fingerprint density at radius 1 is 1.36 bits per heavy atom. The summed E-state index contributed by atoms with van der Waals surface area (Å²) in [6, 6.07) is 7.29. The molecule has 1 aliphatic heterocycles. The number of ether oxygens (including phenoxy) is 1. The first-order chi connectivity index (χ1) is 10.6. The van der Waals surface area contributed by atoms with E-state index in [-0.39, 0.29) is 6.54 Å². The van der Waals surface area contributed by atoms with Crippen LogP contribution in [0.5, 0.6) is 0 Å². The number of halogens is 1. The lowest BCUT2D eigenvalue weighted by atomic mass is 10.2. The van der Waals surface area contributed by atoms with Gasteiger partial charge in [0.15, 0.2) is 5.82 Å². The number of nitrogens with zero attached hydrogens (tertiary/aromatic N) is 4. The van der Waals surface area contributed by atoms with Crippen LogP contribution < -0.4 is 0 Å². The zero-order valence-corrected chi connectivity index (χ0v) is 12.7. The molecule has 1 fully saturated rings. The molecule has 0 spiro atoms. The molecule has 1 amide bonds. The average molecular weight is 323 g/mol. The molecule has 1 saturated heterocycles. The van der Waals surface area contributed by atoms with Crippen molar-refractivity contribution in [2.45, 2.75) is 13.0 Å². The van der Waals surface area contributed by atoms with E-state index in [1.54, 1.807) is 12.1 Å². The van der Waals surface area contributed by atoms with Crippen LogP contribution in [0.2, 0.25) is 5.02 Å². The summed E-state index contributed by atoms with van der Waals surface area (Å²) in [7, 11) is 0. The first-order valence-corrected chi connectivity index (χ1v) is 7.21. The molecule has 0 radical (unpaired) electrons. The van der Waals surface area contributed by atoms with Crippen molar-refractivity contribution in [2.75, 3.05) is 19.7 Å². The molecule has 1 N–H and O–H groups in total. The second-order valence-corrected chi connectivity index (χ2v) is 5.44. The molecule has 7 nitrogen and oxygen atoms in total. The smallest absolute Gasteiger partial charge is 0.407 e. The maximum atomic E-state index is 11.1. The summed E-state index contributed by atoms with van der Waals surface area (Å²) in [5.41, 5.74) is 0.859. The quantitative estimate of drug-likeness (QED) is 0.917. The Balaban J connectivity index is 1.95. The van der Waals surface area contributed by atoms with Crippen LogP contribution in [0.1, 0.15) is 17.8 Å². The van der Waals surface area contributed by atoms with E-state index in [1.165, 1.54) is 4.90 Å². The molecule has 2 aromatic rings. The van der Waals surface area contributed by atoms with Gasteiger partial charge < -0.3 is 14.7 Å². The van der Waals surface area contributed by atoms with E-state index in [1.807, 2.05) is 23.6 Å². The van der Waals surface area contributed by atoms with Crippen molar-refractivity contribution in [1.82, 2.24) is 19.7 Å². The number of carboxylic acid groups (broad SMARTS) is 1. The molecule has 116 valence electrons. The topological polar surface area (TPSA) is 80.5 Å². The third-order valence-corrected chi connectivity index (χ3v) is 3.81. The second kappa shape index (κ2) is 5.94. The van der Waals surface area contributed by atoms with Crippen molar-refractivity contribution in [2.24, 2.45) is 0 Å². The Bertz CT molecular complexity index is 686. The molecular formula is C14H15ClN4O3. The highest BCUT2D eigenvalue weighted by molar-refractivity contribution is 6.30. The van der Waals surface area contributed by atoms with Crippen molar-refractivity contribution < 1.29 is 14.6 Å². The third-order valence-electron chi connectivity index (χ3n) is 3.56. The van der Waals surface area contributed by atoms with Crippen LogP contribution >= 0.6 is 11.6 Å². The first kappa shape index (κ1) is 14.8. The summed E-state index contributed by atoms with van der Waals surface area (Å²) in [6.45, 7) is 2.77. The number of morpholine rings is 1. The number of amides is 1. The van der Waals surface area contributed by atoms with Crippen LogP contribution in [0.25, 0.3) is 5.69 Å². The lowest BCUT2D eigenvalue weighted by molar-refractivity contribution is -0.0282. The molecule has 22 heavy (non-hydrogen) atoms. The molecule has 3 rings (SSSR count). The fourth-order valence-corrected chi connectivity index (χ4v) is 2.60. The van der Waals surface area contributed by atoms with Crippen molar-refractivity contribution >= 4 is 17.7 Å². The highest BCUT2D eigenvalue weighted by Gasteiger charge is 2.29. The minimum atomic E-state index is -0.956. The zero-order valence-electron chi connectivity index (χ0n) is 11.9. The van der Waals surface area contributed by atoms with Crippen molar-refractivity contribution in [3.8, 4) is 5.69 Å². The minimum Gasteiger partial charge on any atom is -0.465 e. The average Bonchev–Trinajstić information content (AvgIpc) is 2.90. The van der Waals surface area contributed by atoms with Gasteiger partial charge in [-0.15, -0.1) is 10.2 Å². The number of hydrogen-bond acceptors (Lipinski definition) is 4. The van der Waals surface area contributed by atoms with Crippen LogP contribution in [0, 0.1) is 6.92 Å². The van der Waals surface area contributed by atoms with Gasteiger partial charge in [-0.1, -0.05) is 11.6 Å². The SMILES string of the molecule is Cc1nnc(C2CN(C(=O)O)CCO2)n1-c1ccc(Cl)cc1. The summed E-state index contributed by atoms with van der Waals surface area (Å²) in [6.07, 6.45) is -1.40. The number of rotatable bonds is 2. The number of benzene rings is 1. The van der Waals surface area contributed by atoms with Crippen LogP contribution in [-0.4, -0.2) is 50.6 Å². The van der Waals surface area contributed by atoms with E-state index >= 15 is 0 Å². The zero-order chi connectivity index (χ0) is 15.7. The highest BCUT2D eigenvalue weighted by Crippen LogP contribution is 2.25. The predicted molar refractivity (Wildman–Crippen MR) is 79.4 cm³/mol. The second-order valence-electron chi connectivity index (χ2n) is 5.01. The van der Waals surface area contributed by atoms with Gasteiger partial charge in [0.2, 0.25) is 0 Å². The summed E-state index contributed by atoms with van der Waals surface area (Å²) in [5.74, 6) is 1.29. The molecule has 2 heterocycles. The Hall–Kier alpha value is -2.12. The molecule has 1 aromatic carbocycles. The van der Waals surface area contributed by atoms with E-state index in [0.29, 0.717) is 29.8 Å². The van der Waals surface area contributed by atoms with Gasteiger partial charge >= 0.3 is 6.09 Å². The van der Waals surface area contributed by atoms with Crippen molar-refractivity contribution in [1.29, 1.82) is 0 Å². The van der Waals surface area contributed by atoms with Gasteiger partial charge in [0.05, 0.1) is 13.2 Å². The number of carbonyl (C=O) groups is 1. The van der Waals surface area contributed by atoms with Gasteiger partial charge in [-0.25, -0.2) is 4.79 Å². The van der Waals surface area contributed by atoms with Gasteiger partial charge in [-0.05, 0) is 31.2 Å². The Kier molecular flexibility index (Phi) is 4.00. The van der Waals surface area contributed by atoms with Crippen LogP contribution in [-0.2, 0) is 4.74 Å². The summed E-state index contributed by atoms with van der Waals surface area (Å²) in [5, 5.41) is 18.0. The number of aryl methyl sites for hydroxylation is 1. The predicted octanol–water partition coefficient (Wildman–Crippen LogP) is 2.28. The molecule has 1 unspecified atom stereocenters.